The lowest BCUT2D eigenvalue weighted by atomic mass is 9.90. The Hall–Kier alpha value is -2.09. The fourth-order valence-electron chi connectivity index (χ4n) is 2.21. The SMILES string of the molecule is C[C@]1(c2ccccc2)Oc2ccccc2C1=O. The van der Waals surface area contributed by atoms with Gasteiger partial charge >= 0.3 is 0 Å². The topological polar surface area (TPSA) is 26.3 Å². The van der Waals surface area contributed by atoms with Gasteiger partial charge in [0.1, 0.15) is 5.75 Å². The second-order valence-electron chi connectivity index (χ2n) is 4.33. The van der Waals surface area contributed by atoms with Crippen molar-refractivity contribution in [3.8, 4) is 5.75 Å². The van der Waals surface area contributed by atoms with Crippen LogP contribution in [0.4, 0.5) is 0 Å². The molecule has 1 aliphatic heterocycles. The molecule has 1 aliphatic rings. The summed E-state index contributed by atoms with van der Waals surface area (Å²) in [5.74, 6) is 0.697. The van der Waals surface area contributed by atoms with E-state index in [1.54, 1.807) is 0 Å². The van der Waals surface area contributed by atoms with E-state index >= 15 is 0 Å². The average molecular weight is 224 g/mol. The number of fused-ring (bicyclic) bond motifs is 1. The van der Waals surface area contributed by atoms with E-state index in [2.05, 4.69) is 0 Å². The quantitative estimate of drug-likeness (QED) is 0.743. The Morgan fingerprint density at radius 2 is 1.59 bits per heavy atom. The number of hydrogen-bond donors (Lipinski definition) is 0. The number of benzene rings is 2. The molecule has 0 unspecified atom stereocenters. The van der Waals surface area contributed by atoms with E-state index < -0.39 is 5.60 Å². The fraction of sp³-hybridized carbons (Fsp3) is 0.133. The van der Waals surface area contributed by atoms with Crippen molar-refractivity contribution in [2.75, 3.05) is 0 Å². The van der Waals surface area contributed by atoms with E-state index in [1.165, 1.54) is 0 Å². The molecule has 2 nitrogen and oxygen atoms in total. The Morgan fingerprint density at radius 3 is 2.29 bits per heavy atom. The Bertz CT molecular complexity index is 574. The molecule has 0 saturated carbocycles. The summed E-state index contributed by atoms with van der Waals surface area (Å²) in [6, 6.07) is 17.0. The average Bonchev–Trinajstić information content (AvgIpc) is 2.65. The minimum Gasteiger partial charge on any atom is -0.474 e. The van der Waals surface area contributed by atoms with E-state index in [4.69, 9.17) is 4.74 Å². The van der Waals surface area contributed by atoms with Gasteiger partial charge in [0.2, 0.25) is 5.78 Å². The standard InChI is InChI=1S/C15H12O2/c1-15(11-7-3-2-4-8-11)14(16)12-9-5-6-10-13(12)17-15/h2-10H,1H3/t15-/m1/s1. The van der Waals surface area contributed by atoms with Gasteiger partial charge in [0.05, 0.1) is 5.56 Å². The van der Waals surface area contributed by atoms with Gasteiger partial charge in [0, 0.05) is 5.56 Å². The summed E-state index contributed by atoms with van der Waals surface area (Å²) in [7, 11) is 0. The second kappa shape index (κ2) is 3.45. The Labute approximate surface area is 99.9 Å². The molecule has 0 saturated heterocycles. The fourth-order valence-corrected chi connectivity index (χ4v) is 2.21. The van der Waals surface area contributed by atoms with Crippen LogP contribution in [-0.4, -0.2) is 5.78 Å². The lowest BCUT2D eigenvalue weighted by Crippen LogP contribution is -2.33. The molecule has 2 aromatic rings. The van der Waals surface area contributed by atoms with E-state index in [9.17, 15) is 4.79 Å². The van der Waals surface area contributed by atoms with Gasteiger partial charge in [-0.2, -0.15) is 0 Å². The lowest BCUT2D eigenvalue weighted by Gasteiger charge is -2.22. The Morgan fingerprint density at radius 1 is 0.941 bits per heavy atom. The molecule has 0 aliphatic carbocycles. The maximum Gasteiger partial charge on any atom is 0.214 e. The number of carbonyl (C=O) groups is 1. The Balaban J connectivity index is 2.12. The van der Waals surface area contributed by atoms with Crippen LogP contribution in [0.15, 0.2) is 54.6 Å². The zero-order valence-electron chi connectivity index (χ0n) is 9.51. The summed E-state index contributed by atoms with van der Waals surface area (Å²) in [5.41, 5.74) is 0.672. The van der Waals surface area contributed by atoms with Crippen molar-refractivity contribution in [2.45, 2.75) is 12.5 Å². The molecule has 1 heterocycles. The molecule has 0 radical (unpaired) electrons. The molecule has 17 heavy (non-hydrogen) atoms. The minimum absolute atomic E-state index is 0.0271. The zero-order chi connectivity index (χ0) is 11.9. The van der Waals surface area contributed by atoms with Crippen LogP contribution in [0.5, 0.6) is 5.75 Å². The highest BCUT2D eigenvalue weighted by Gasteiger charge is 2.44. The normalized spacial score (nSPS) is 22.1. The van der Waals surface area contributed by atoms with Crippen LogP contribution in [0.25, 0.3) is 0 Å². The minimum atomic E-state index is -0.884. The number of para-hydroxylation sites is 1. The van der Waals surface area contributed by atoms with Crippen LogP contribution in [0.1, 0.15) is 22.8 Å². The number of ketones is 1. The molecule has 0 spiro atoms. The summed E-state index contributed by atoms with van der Waals surface area (Å²) in [5, 5.41) is 0. The summed E-state index contributed by atoms with van der Waals surface area (Å²) in [4.78, 5) is 12.4. The highest BCUT2D eigenvalue weighted by molar-refractivity contribution is 6.07. The first-order valence-electron chi connectivity index (χ1n) is 5.60. The molecular formula is C15H12O2. The highest BCUT2D eigenvalue weighted by atomic mass is 16.5. The van der Waals surface area contributed by atoms with Gasteiger partial charge in [-0.05, 0) is 19.1 Å². The Kier molecular flexibility index (Phi) is 2.05. The third-order valence-electron chi connectivity index (χ3n) is 3.20. The maximum atomic E-state index is 12.4. The first kappa shape index (κ1) is 10.1. The number of carbonyl (C=O) groups excluding carboxylic acids is 1. The van der Waals surface area contributed by atoms with Gasteiger partial charge in [-0.25, -0.2) is 0 Å². The van der Waals surface area contributed by atoms with E-state index in [0.29, 0.717) is 11.3 Å². The molecule has 0 N–H and O–H groups in total. The molecule has 84 valence electrons. The summed E-state index contributed by atoms with van der Waals surface area (Å²) < 4.78 is 5.84. The van der Waals surface area contributed by atoms with E-state index in [0.717, 1.165) is 5.56 Å². The molecule has 0 amide bonds. The van der Waals surface area contributed by atoms with Crippen LogP contribution in [-0.2, 0) is 5.60 Å². The van der Waals surface area contributed by atoms with Crippen LogP contribution >= 0.6 is 0 Å². The van der Waals surface area contributed by atoms with Crippen LogP contribution in [0.3, 0.4) is 0 Å². The summed E-state index contributed by atoms with van der Waals surface area (Å²) in [6.45, 7) is 1.82. The van der Waals surface area contributed by atoms with Crippen molar-refractivity contribution in [3.63, 3.8) is 0 Å². The van der Waals surface area contributed by atoms with Crippen LogP contribution in [0.2, 0.25) is 0 Å². The van der Waals surface area contributed by atoms with Crippen LogP contribution in [0, 0.1) is 0 Å². The number of hydrogen-bond acceptors (Lipinski definition) is 2. The monoisotopic (exact) mass is 224 g/mol. The smallest absolute Gasteiger partial charge is 0.214 e. The lowest BCUT2D eigenvalue weighted by molar-refractivity contribution is 0.0619. The molecular weight excluding hydrogens is 212 g/mol. The predicted molar refractivity (Wildman–Crippen MR) is 65.2 cm³/mol. The second-order valence-corrected chi connectivity index (χ2v) is 4.33. The first-order valence-corrected chi connectivity index (χ1v) is 5.60. The van der Waals surface area contributed by atoms with Gasteiger partial charge in [-0.3, -0.25) is 4.79 Å². The molecule has 0 aromatic heterocycles. The maximum absolute atomic E-state index is 12.4. The highest BCUT2D eigenvalue weighted by Crippen LogP contribution is 2.40. The van der Waals surface area contributed by atoms with Gasteiger partial charge in [0.15, 0.2) is 5.60 Å². The zero-order valence-corrected chi connectivity index (χ0v) is 9.51. The van der Waals surface area contributed by atoms with Gasteiger partial charge in [-0.1, -0.05) is 42.5 Å². The van der Waals surface area contributed by atoms with Crippen molar-refractivity contribution in [2.24, 2.45) is 0 Å². The molecule has 2 heteroatoms. The number of rotatable bonds is 1. The van der Waals surface area contributed by atoms with Gasteiger partial charge in [0.25, 0.3) is 0 Å². The van der Waals surface area contributed by atoms with Crippen molar-refractivity contribution < 1.29 is 9.53 Å². The predicted octanol–water partition coefficient (Wildman–Crippen LogP) is 3.18. The van der Waals surface area contributed by atoms with E-state index in [1.807, 2.05) is 61.5 Å². The summed E-state index contributed by atoms with van der Waals surface area (Å²) in [6.07, 6.45) is 0. The molecule has 0 fully saturated rings. The molecule has 0 bridgehead atoms. The number of Topliss-reactive ketones (excluding diaryl/α,β-unsaturated/α-hetero) is 1. The van der Waals surface area contributed by atoms with Crippen molar-refractivity contribution in [1.82, 2.24) is 0 Å². The largest absolute Gasteiger partial charge is 0.474 e. The molecule has 2 aromatic carbocycles. The van der Waals surface area contributed by atoms with Crippen molar-refractivity contribution in [3.05, 3.63) is 65.7 Å². The number of ether oxygens (including phenoxy) is 1. The van der Waals surface area contributed by atoms with Crippen molar-refractivity contribution >= 4 is 5.78 Å². The van der Waals surface area contributed by atoms with Gasteiger partial charge in [-0.15, -0.1) is 0 Å². The van der Waals surface area contributed by atoms with Gasteiger partial charge < -0.3 is 4.74 Å². The van der Waals surface area contributed by atoms with E-state index in [-0.39, 0.29) is 5.78 Å². The molecule has 3 rings (SSSR count). The first-order chi connectivity index (χ1) is 8.22. The third-order valence-corrected chi connectivity index (χ3v) is 3.20. The molecule has 1 atom stereocenters. The third kappa shape index (κ3) is 1.37. The van der Waals surface area contributed by atoms with Crippen molar-refractivity contribution in [1.29, 1.82) is 0 Å². The van der Waals surface area contributed by atoms with Crippen LogP contribution < -0.4 is 4.74 Å². The summed E-state index contributed by atoms with van der Waals surface area (Å²) >= 11 is 0.